The zero-order chi connectivity index (χ0) is 17.6. The zero-order valence-corrected chi connectivity index (χ0v) is 15.5. The second-order valence-electron chi connectivity index (χ2n) is 5.55. The van der Waals surface area contributed by atoms with Gasteiger partial charge in [-0.3, -0.25) is 9.59 Å². The van der Waals surface area contributed by atoms with Crippen molar-refractivity contribution in [2.24, 2.45) is 0 Å². The maximum atomic E-state index is 12.4. The molecule has 1 aromatic heterocycles. The number of amides is 2. The molecule has 25 heavy (non-hydrogen) atoms. The number of anilines is 2. The van der Waals surface area contributed by atoms with E-state index < -0.39 is 0 Å². The quantitative estimate of drug-likeness (QED) is 0.634. The maximum absolute atomic E-state index is 12.4. The summed E-state index contributed by atoms with van der Waals surface area (Å²) in [7, 11) is 0. The number of nitrogens with zero attached hydrogens (tertiary/aromatic N) is 4. The summed E-state index contributed by atoms with van der Waals surface area (Å²) in [6.45, 7) is 4.55. The van der Waals surface area contributed by atoms with E-state index in [1.807, 2.05) is 23.1 Å². The van der Waals surface area contributed by atoms with E-state index in [-0.39, 0.29) is 11.8 Å². The fourth-order valence-corrected chi connectivity index (χ4v) is 4.24. The predicted molar refractivity (Wildman–Crippen MR) is 100 cm³/mol. The van der Waals surface area contributed by atoms with Crippen molar-refractivity contribution in [3.8, 4) is 0 Å². The van der Waals surface area contributed by atoms with E-state index in [1.54, 1.807) is 0 Å². The van der Waals surface area contributed by atoms with E-state index in [9.17, 15) is 9.59 Å². The van der Waals surface area contributed by atoms with E-state index in [4.69, 9.17) is 0 Å². The highest BCUT2D eigenvalue weighted by molar-refractivity contribution is 8.01. The highest BCUT2D eigenvalue weighted by Crippen LogP contribution is 2.26. The first-order chi connectivity index (χ1) is 12.1. The van der Waals surface area contributed by atoms with Gasteiger partial charge < -0.3 is 15.1 Å². The van der Waals surface area contributed by atoms with Crippen molar-refractivity contribution in [2.45, 2.75) is 11.3 Å². The SMILES string of the molecule is CC(=O)Nc1nnc(SCC(=O)N2CCN(c3ccccc3)CC2)s1. The van der Waals surface area contributed by atoms with Crippen molar-refractivity contribution < 1.29 is 9.59 Å². The summed E-state index contributed by atoms with van der Waals surface area (Å²) in [5.74, 6) is 0.258. The molecule has 1 aromatic carbocycles. The lowest BCUT2D eigenvalue weighted by Crippen LogP contribution is -2.49. The average Bonchev–Trinajstić information content (AvgIpc) is 3.07. The number of thioether (sulfide) groups is 1. The van der Waals surface area contributed by atoms with Gasteiger partial charge in [0.25, 0.3) is 0 Å². The molecule has 1 saturated heterocycles. The molecule has 1 fully saturated rings. The largest absolute Gasteiger partial charge is 0.368 e. The number of nitrogens with one attached hydrogen (secondary N) is 1. The van der Waals surface area contributed by atoms with Crippen LogP contribution in [0.4, 0.5) is 10.8 Å². The van der Waals surface area contributed by atoms with Crippen LogP contribution in [0.5, 0.6) is 0 Å². The Morgan fingerprint density at radius 2 is 1.88 bits per heavy atom. The number of benzene rings is 1. The summed E-state index contributed by atoms with van der Waals surface area (Å²) in [5.41, 5.74) is 1.20. The first-order valence-electron chi connectivity index (χ1n) is 7.93. The van der Waals surface area contributed by atoms with Crippen LogP contribution in [0.15, 0.2) is 34.7 Å². The molecular weight excluding hydrogens is 358 g/mol. The van der Waals surface area contributed by atoms with Crippen LogP contribution in [0, 0.1) is 0 Å². The molecule has 1 aliphatic heterocycles. The zero-order valence-electron chi connectivity index (χ0n) is 13.8. The molecule has 2 amide bonds. The van der Waals surface area contributed by atoms with Gasteiger partial charge in [-0.05, 0) is 12.1 Å². The number of piperazine rings is 1. The minimum absolute atomic E-state index is 0.106. The molecule has 7 nitrogen and oxygen atoms in total. The Bertz CT molecular complexity index is 729. The van der Waals surface area contributed by atoms with Gasteiger partial charge in [0, 0.05) is 38.8 Å². The Morgan fingerprint density at radius 3 is 2.56 bits per heavy atom. The predicted octanol–water partition coefficient (Wildman–Crippen LogP) is 1.94. The smallest absolute Gasteiger partial charge is 0.233 e. The molecule has 0 atom stereocenters. The van der Waals surface area contributed by atoms with Crippen molar-refractivity contribution in [1.29, 1.82) is 0 Å². The number of aromatic nitrogens is 2. The Hall–Kier alpha value is -2.13. The standard InChI is InChI=1S/C16H19N5O2S2/c1-12(22)17-15-18-19-16(25-15)24-11-14(23)21-9-7-20(8-10-21)13-5-3-2-4-6-13/h2-6H,7-11H2,1H3,(H,17,18,22). The topological polar surface area (TPSA) is 78.4 Å². The van der Waals surface area contributed by atoms with Gasteiger partial charge in [-0.25, -0.2) is 0 Å². The Kier molecular flexibility index (Phi) is 5.87. The van der Waals surface area contributed by atoms with Crippen LogP contribution in [0.25, 0.3) is 0 Å². The van der Waals surface area contributed by atoms with Gasteiger partial charge in [-0.2, -0.15) is 0 Å². The van der Waals surface area contributed by atoms with Gasteiger partial charge in [-0.15, -0.1) is 10.2 Å². The van der Waals surface area contributed by atoms with Crippen molar-refractivity contribution in [2.75, 3.05) is 42.1 Å². The Labute approximate surface area is 154 Å². The molecule has 3 rings (SSSR count). The van der Waals surface area contributed by atoms with E-state index in [0.717, 1.165) is 26.2 Å². The van der Waals surface area contributed by atoms with Gasteiger partial charge in [0.15, 0.2) is 4.34 Å². The van der Waals surface area contributed by atoms with E-state index in [1.165, 1.54) is 35.7 Å². The molecule has 0 unspecified atom stereocenters. The van der Waals surface area contributed by atoms with Crippen LogP contribution in [-0.2, 0) is 9.59 Å². The normalized spacial score (nSPS) is 14.4. The molecular formula is C16H19N5O2S2. The second kappa shape index (κ2) is 8.30. The summed E-state index contributed by atoms with van der Waals surface area (Å²) < 4.78 is 0.681. The van der Waals surface area contributed by atoms with Gasteiger partial charge in [0.05, 0.1) is 5.75 Å². The summed E-state index contributed by atoms with van der Waals surface area (Å²) in [6.07, 6.45) is 0. The minimum atomic E-state index is -0.180. The average molecular weight is 377 g/mol. The second-order valence-corrected chi connectivity index (χ2v) is 7.75. The van der Waals surface area contributed by atoms with Crippen LogP contribution in [0.1, 0.15) is 6.92 Å². The minimum Gasteiger partial charge on any atom is -0.368 e. The molecule has 9 heteroatoms. The van der Waals surface area contributed by atoms with Crippen LogP contribution in [0.3, 0.4) is 0 Å². The molecule has 2 heterocycles. The highest BCUT2D eigenvalue weighted by Gasteiger charge is 2.21. The monoisotopic (exact) mass is 377 g/mol. The van der Waals surface area contributed by atoms with Crippen LogP contribution in [-0.4, -0.2) is 58.8 Å². The van der Waals surface area contributed by atoms with E-state index >= 15 is 0 Å². The third-order valence-electron chi connectivity index (χ3n) is 3.76. The number of hydrogen-bond donors (Lipinski definition) is 1. The fourth-order valence-electron chi connectivity index (χ4n) is 2.54. The summed E-state index contributed by atoms with van der Waals surface area (Å²) in [5, 5.41) is 10.9. The van der Waals surface area contributed by atoms with Gasteiger partial charge in [0.1, 0.15) is 0 Å². The number of carbonyl (C=O) groups excluding carboxylic acids is 2. The first-order valence-corrected chi connectivity index (χ1v) is 9.73. The lowest BCUT2D eigenvalue weighted by molar-refractivity contribution is -0.128. The Balaban J connectivity index is 1.45. The number of hydrogen-bond acceptors (Lipinski definition) is 7. The lowest BCUT2D eigenvalue weighted by Gasteiger charge is -2.36. The van der Waals surface area contributed by atoms with Crippen LogP contribution < -0.4 is 10.2 Å². The van der Waals surface area contributed by atoms with Crippen molar-refractivity contribution in [3.05, 3.63) is 30.3 Å². The summed E-state index contributed by atoms with van der Waals surface area (Å²) >= 11 is 2.63. The van der Waals surface area contributed by atoms with Gasteiger partial charge in [-0.1, -0.05) is 41.3 Å². The molecule has 1 aliphatic rings. The number of para-hydroxylation sites is 1. The Morgan fingerprint density at radius 1 is 1.16 bits per heavy atom. The van der Waals surface area contributed by atoms with Crippen molar-refractivity contribution >= 4 is 45.7 Å². The molecule has 0 aliphatic carbocycles. The van der Waals surface area contributed by atoms with E-state index in [2.05, 4.69) is 32.5 Å². The fraction of sp³-hybridized carbons (Fsp3) is 0.375. The van der Waals surface area contributed by atoms with Crippen LogP contribution in [0.2, 0.25) is 0 Å². The third kappa shape index (κ3) is 4.93. The molecule has 0 bridgehead atoms. The molecule has 0 radical (unpaired) electrons. The van der Waals surface area contributed by atoms with E-state index in [0.29, 0.717) is 15.2 Å². The first kappa shape index (κ1) is 17.7. The summed E-state index contributed by atoms with van der Waals surface area (Å²) in [6, 6.07) is 10.2. The number of rotatable bonds is 5. The molecule has 0 saturated carbocycles. The molecule has 2 aromatic rings. The highest BCUT2D eigenvalue weighted by atomic mass is 32.2. The van der Waals surface area contributed by atoms with Crippen molar-refractivity contribution in [3.63, 3.8) is 0 Å². The number of carbonyl (C=O) groups is 2. The van der Waals surface area contributed by atoms with Crippen LogP contribution >= 0.6 is 23.1 Å². The third-order valence-corrected chi connectivity index (χ3v) is 5.72. The summed E-state index contributed by atoms with van der Waals surface area (Å²) in [4.78, 5) is 27.5. The molecule has 132 valence electrons. The molecule has 0 spiro atoms. The van der Waals surface area contributed by atoms with Gasteiger partial charge in [0.2, 0.25) is 16.9 Å². The lowest BCUT2D eigenvalue weighted by atomic mass is 10.2. The maximum Gasteiger partial charge on any atom is 0.233 e. The molecule has 1 N–H and O–H groups in total. The van der Waals surface area contributed by atoms with Gasteiger partial charge >= 0.3 is 0 Å². The van der Waals surface area contributed by atoms with Crippen molar-refractivity contribution in [1.82, 2.24) is 15.1 Å².